The molecule has 4 aromatic rings. The van der Waals surface area contributed by atoms with Gasteiger partial charge in [-0.15, -0.1) is 0 Å². The number of H-pyrrole nitrogens is 1. The number of hydrogen-bond acceptors (Lipinski definition) is 4. The minimum Gasteiger partial charge on any atom is -0.383 e. The van der Waals surface area contributed by atoms with Crippen LogP contribution in [-0.2, 0) is 10.0 Å². The summed E-state index contributed by atoms with van der Waals surface area (Å²) >= 11 is 3.27. The third-order valence-corrected chi connectivity index (χ3v) is 6.34. The third-order valence-electron chi connectivity index (χ3n) is 4.52. The normalized spacial score (nSPS) is 12.8. The zero-order valence-electron chi connectivity index (χ0n) is 15.1. The maximum absolute atomic E-state index is 15.1. The fourth-order valence-electron chi connectivity index (χ4n) is 3.08. The molecule has 0 aliphatic carbocycles. The predicted molar refractivity (Wildman–Crippen MR) is 111 cm³/mol. The smallest absolute Gasteiger partial charge is 0.261 e. The van der Waals surface area contributed by atoms with E-state index in [4.69, 9.17) is 0 Å². The van der Waals surface area contributed by atoms with E-state index in [1.165, 1.54) is 36.7 Å². The van der Waals surface area contributed by atoms with Crippen molar-refractivity contribution in [2.45, 2.75) is 11.0 Å². The van der Waals surface area contributed by atoms with E-state index < -0.39 is 39.0 Å². The molecule has 2 heterocycles. The van der Waals surface area contributed by atoms with Crippen LogP contribution in [0.25, 0.3) is 11.0 Å². The molecule has 2 aromatic carbocycles. The molecule has 10 heteroatoms. The number of sulfonamides is 1. The number of aromatic nitrogens is 2. The first kappa shape index (κ1) is 20.5. The average molecular weight is 494 g/mol. The van der Waals surface area contributed by atoms with Crippen LogP contribution in [0.3, 0.4) is 0 Å². The summed E-state index contributed by atoms with van der Waals surface area (Å²) in [6, 6.07) is 10.9. The van der Waals surface area contributed by atoms with Crippen LogP contribution in [0, 0.1) is 11.6 Å². The van der Waals surface area contributed by atoms with E-state index in [0.29, 0.717) is 15.5 Å². The molecule has 154 valence electrons. The SMILES string of the molecule is O=S(=O)(Nc1ccc(F)c(C(O)c2c[nH]c3ncc(Br)cc23)c1F)c1ccccc1. The summed E-state index contributed by atoms with van der Waals surface area (Å²) in [6.45, 7) is 0. The van der Waals surface area contributed by atoms with Crippen LogP contribution in [0.2, 0.25) is 0 Å². The van der Waals surface area contributed by atoms with E-state index in [1.807, 2.05) is 0 Å². The van der Waals surface area contributed by atoms with Crippen molar-refractivity contribution in [3.8, 4) is 0 Å². The number of anilines is 1. The Morgan fingerprint density at radius 2 is 1.87 bits per heavy atom. The minimum absolute atomic E-state index is 0.0802. The van der Waals surface area contributed by atoms with Crippen LogP contribution < -0.4 is 4.72 Å². The molecular weight excluding hydrogens is 480 g/mol. The number of aliphatic hydroxyl groups is 1. The van der Waals surface area contributed by atoms with Crippen molar-refractivity contribution in [2.24, 2.45) is 0 Å². The molecule has 4 rings (SSSR count). The molecule has 0 saturated heterocycles. The number of fused-ring (bicyclic) bond motifs is 1. The van der Waals surface area contributed by atoms with Crippen molar-refractivity contribution < 1.29 is 22.3 Å². The highest BCUT2D eigenvalue weighted by atomic mass is 79.9. The van der Waals surface area contributed by atoms with Crippen molar-refractivity contribution >= 4 is 42.7 Å². The second-order valence-corrected chi connectivity index (χ2v) is 9.04. The number of pyridine rings is 1. The zero-order valence-corrected chi connectivity index (χ0v) is 17.5. The summed E-state index contributed by atoms with van der Waals surface area (Å²) in [7, 11) is -4.10. The monoisotopic (exact) mass is 493 g/mol. The summed E-state index contributed by atoms with van der Waals surface area (Å²) in [5.74, 6) is -2.22. The van der Waals surface area contributed by atoms with Crippen LogP contribution in [0.5, 0.6) is 0 Å². The average Bonchev–Trinajstić information content (AvgIpc) is 3.14. The lowest BCUT2D eigenvalue weighted by molar-refractivity contribution is 0.211. The number of halogens is 3. The van der Waals surface area contributed by atoms with Gasteiger partial charge in [-0.3, -0.25) is 4.72 Å². The molecule has 0 saturated carbocycles. The van der Waals surface area contributed by atoms with E-state index in [1.54, 1.807) is 12.1 Å². The first-order valence-corrected chi connectivity index (χ1v) is 10.9. The van der Waals surface area contributed by atoms with Gasteiger partial charge in [0.05, 0.1) is 16.1 Å². The highest BCUT2D eigenvalue weighted by Crippen LogP contribution is 2.35. The van der Waals surface area contributed by atoms with Gasteiger partial charge in [0.2, 0.25) is 0 Å². The van der Waals surface area contributed by atoms with Crippen molar-refractivity contribution in [2.75, 3.05) is 4.72 Å². The van der Waals surface area contributed by atoms with Gasteiger partial charge in [0.25, 0.3) is 10.0 Å². The van der Waals surface area contributed by atoms with Crippen molar-refractivity contribution in [1.82, 2.24) is 9.97 Å². The predicted octanol–water partition coefficient (Wildman–Crippen LogP) is 4.49. The van der Waals surface area contributed by atoms with Gasteiger partial charge in [0.15, 0.2) is 5.82 Å². The number of benzene rings is 2. The Bertz CT molecular complexity index is 1340. The largest absolute Gasteiger partial charge is 0.383 e. The molecule has 1 unspecified atom stereocenters. The standard InChI is InChI=1S/C20H14BrF2N3O3S/c21-11-8-13-14(10-25-20(13)24-9-11)19(27)17-15(22)6-7-16(18(17)23)26-30(28,29)12-4-2-1-3-5-12/h1-10,19,26-27H,(H,24,25). The molecule has 0 amide bonds. The van der Waals surface area contributed by atoms with Crippen molar-refractivity contribution in [3.63, 3.8) is 0 Å². The fraction of sp³-hybridized carbons (Fsp3) is 0.0500. The Hall–Kier alpha value is -2.82. The van der Waals surface area contributed by atoms with Crippen LogP contribution >= 0.6 is 15.9 Å². The van der Waals surface area contributed by atoms with E-state index in [-0.39, 0.29) is 10.5 Å². The van der Waals surface area contributed by atoms with Gasteiger partial charge < -0.3 is 10.1 Å². The quantitative estimate of drug-likeness (QED) is 0.381. The van der Waals surface area contributed by atoms with Gasteiger partial charge in [-0.2, -0.15) is 0 Å². The van der Waals surface area contributed by atoms with Gasteiger partial charge in [-0.05, 0) is 46.3 Å². The van der Waals surface area contributed by atoms with Gasteiger partial charge in [-0.25, -0.2) is 22.2 Å². The van der Waals surface area contributed by atoms with Crippen LogP contribution in [-0.4, -0.2) is 23.5 Å². The highest BCUT2D eigenvalue weighted by Gasteiger charge is 2.26. The Labute approximate surface area is 178 Å². The molecular formula is C20H14BrF2N3O3S. The lowest BCUT2D eigenvalue weighted by Gasteiger charge is -2.16. The Balaban J connectivity index is 1.77. The number of hydrogen-bond donors (Lipinski definition) is 3. The highest BCUT2D eigenvalue weighted by molar-refractivity contribution is 9.10. The molecule has 0 radical (unpaired) electrons. The van der Waals surface area contributed by atoms with Gasteiger partial charge >= 0.3 is 0 Å². The third kappa shape index (κ3) is 3.69. The molecule has 3 N–H and O–H groups in total. The first-order valence-electron chi connectivity index (χ1n) is 8.64. The van der Waals surface area contributed by atoms with Gasteiger partial charge in [0, 0.05) is 27.8 Å². The Morgan fingerprint density at radius 1 is 1.13 bits per heavy atom. The van der Waals surface area contributed by atoms with Crippen LogP contribution in [0.15, 0.2) is 70.3 Å². The molecule has 6 nitrogen and oxygen atoms in total. The number of rotatable bonds is 5. The van der Waals surface area contributed by atoms with Crippen LogP contribution in [0.4, 0.5) is 14.5 Å². The van der Waals surface area contributed by atoms with E-state index in [9.17, 15) is 17.9 Å². The van der Waals surface area contributed by atoms with Gasteiger partial charge in [0.1, 0.15) is 17.6 Å². The summed E-state index contributed by atoms with van der Waals surface area (Å²) < 4.78 is 57.4. The minimum atomic E-state index is -4.10. The first-order chi connectivity index (χ1) is 14.3. The summed E-state index contributed by atoms with van der Waals surface area (Å²) in [4.78, 5) is 6.88. The molecule has 0 bridgehead atoms. The maximum Gasteiger partial charge on any atom is 0.261 e. The summed E-state index contributed by atoms with van der Waals surface area (Å²) in [5, 5.41) is 11.2. The van der Waals surface area contributed by atoms with E-state index >= 15 is 4.39 Å². The summed E-state index contributed by atoms with van der Waals surface area (Å²) in [6.07, 6.45) is 1.24. The molecule has 30 heavy (non-hydrogen) atoms. The zero-order chi connectivity index (χ0) is 21.5. The second-order valence-electron chi connectivity index (χ2n) is 6.44. The van der Waals surface area contributed by atoms with Crippen molar-refractivity contribution in [3.05, 3.63) is 88.2 Å². The van der Waals surface area contributed by atoms with Crippen molar-refractivity contribution in [1.29, 1.82) is 0 Å². The lowest BCUT2D eigenvalue weighted by atomic mass is 10.00. The molecule has 0 aliphatic heterocycles. The number of nitrogens with zero attached hydrogens (tertiary/aromatic N) is 1. The number of aliphatic hydroxyl groups excluding tert-OH is 1. The number of nitrogens with one attached hydrogen (secondary N) is 2. The molecule has 1 atom stereocenters. The molecule has 0 aliphatic rings. The second kappa shape index (κ2) is 7.78. The lowest BCUT2D eigenvalue weighted by Crippen LogP contribution is -2.16. The van der Waals surface area contributed by atoms with Gasteiger partial charge in [-0.1, -0.05) is 18.2 Å². The number of aromatic amines is 1. The van der Waals surface area contributed by atoms with E-state index in [0.717, 1.165) is 12.1 Å². The maximum atomic E-state index is 15.1. The van der Waals surface area contributed by atoms with E-state index in [2.05, 4.69) is 30.6 Å². The Morgan fingerprint density at radius 3 is 2.60 bits per heavy atom. The topological polar surface area (TPSA) is 95.1 Å². The Kier molecular flexibility index (Phi) is 5.31. The molecule has 0 fully saturated rings. The molecule has 2 aromatic heterocycles. The summed E-state index contributed by atoms with van der Waals surface area (Å²) in [5.41, 5.74) is -0.536. The molecule has 0 spiro atoms. The fourth-order valence-corrected chi connectivity index (χ4v) is 4.49. The van der Waals surface area contributed by atoms with Crippen LogP contribution in [0.1, 0.15) is 17.2 Å².